The average molecular weight is 387 g/mol. The molecule has 0 aliphatic rings. The number of halogens is 3. The lowest BCUT2D eigenvalue weighted by atomic mass is 9.98. The molecule has 1 unspecified atom stereocenters. The van der Waals surface area contributed by atoms with Gasteiger partial charge in [0.05, 0.1) is 0 Å². The highest BCUT2D eigenvalue weighted by Gasteiger charge is 2.18. The third kappa shape index (κ3) is 3.44. The van der Waals surface area contributed by atoms with Crippen molar-refractivity contribution in [2.45, 2.75) is 12.5 Å². The molecule has 0 radical (unpaired) electrons. The normalized spacial score (nSPS) is 12.4. The summed E-state index contributed by atoms with van der Waals surface area (Å²) in [6.07, 6.45) is 0.720. The van der Waals surface area contributed by atoms with Crippen LogP contribution in [0.5, 0.6) is 0 Å². The summed E-state index contributed by atoms with van der Waals surface area (Å²) in [5, 5.41) is 3.18. The van der Waals surface area contributed by atoms with Crippen molar-refractivity contribution in [1.29, 1.82) is 0 Å². The molecule has 4 heteroatoms. The molecule has 0 aromatic heterocycles. The SMILES string of the molecule is CNC(Cc1ccccc1Br)c1c(F)cccc1Br. The van der Waals surface area contributed by atoms with E-state index in [4.69, 9.17) is 0 Å². The number of hydrogen-bond acceptors (Lipinski definition) is 1. The summed E-state index contributed by atoms with van der Waals surface area (Å²) < 4.78 is 15.8. The van der Waals surface area contributed by atoms with Crippen LogP contribution in [0.15, 0.2) is 51.4 Å². The van der Waals surface area contributed by atoms with Gasteiger partial charge in [0.15, 0.2) is 0 Å². The lowest BCUT2D eigenvalue weighted by Crippen LogP contribution is -2.20. The largest absolute Gasteiger partial charge is 0.313 e. The van der Waals surface area contributed by atoms with Crippen molar-refractivity contribution in [1.82, 2.24) is 5.32 Å². The maximum Gasteiger partial charge on any atom is 0.129 e. The molecular formula is C15H14Br2FN. The highest BCUT2D eigenvalue weighted by molar-refractivity contribution is 9.10. The molecular weight excluding hydrogens is 373 g/mol. The van der Waals surface area contributed by atoms with Crippen molar-refractivity contribution in [3.8, 4) is 0 Å². The predicted octanol–water partition coefficient (Wildman–Crippen LogP) is 4.85. The standard InChI is InChI=1S/C15H14Br2FN/c1-19-14(9-10-5-2-3-6-11(10)16)15-12(17)7-4-8-13(15)18/h2-8,14,19H,9H2,1H3. The number of hydrogen-bond donors (Lipinski definition) is 1. The zero-order valence-electron chi connectivity index (χ0n) is 10.5. The third-order valence-corrected chi connectivity index (χ3v) is 4.54. The summed E-state index contributed by atoms with van der Waals surface area (Å²) in [5.41, 5.74) is 1.82. The quantitative estimate of drug-likeness (QED) is 0.791. The fourth-order valence-corrected chi connectivity index (χ4v) is 3.14. The monoisotopic (exact) mass is 385 g/mol. The first-order valence-corrected chi connectivity index (χ1v) is 7.56. The summed E-state index contributed by atoms with van der Waals surface area (Å²) >= 11 is 6.96. The van der Waals surface area contributed by atoms with Crippen LogP contribution >= 0.6 is 31.9 Å². The van der Waals surface area contributed by atoms with Gasteiger partial charge in [-0.1, -0.05) is 56.1 Å². The molecule has 1 nitrogen and oxygen atoms in total. The Morgan fingerprint density at radius 3 is 2.37 bits per heavy atom. The highest BCUT2D eigenvalue weighted by atomic mass is 79.9. The third-order valence-electron chi connectivity index (χ3n) is 3.08. The van der Waals surface area contributed by atoms with Crippen LogP contribution < -0.4 is 5.32 Å². The summed E-state index contributed by atoms with van der Waals surface area (Å²) in [5.74, 6) is -0.194. The molecule has 0 fully saturated rings. The van der Waals surface area contributed by atoms with Crippen molar-refractivity contribution in [3.63, 3.8) is 0 Å². The molecule has 2 aromatic rings. The Morgan fingerprint density at radius 1 is 1.05 bits per heavy atom. The maximum atomic E-state index is 14.0. The molecule has 0 aliphatic heterocycles. The van der Waals surface area contributed by atoms with Crippen molar-refractivity contribution >= 4 is 31.9 Å². The van der Waals surface area contributed by atoms with Gasteiger partial charge in [-0.2, -0.15) is 0 Å². The Balaban J connectivity index is 2.34. The van der Waals surface area contributed by atoms with E-state index in [2.05, 4.69) is 37.2 Å². The van der Waals surface area contributed by atoms with Gasteiger partial charge < -0.3 is 5.32 Å². The molecule has 100 valence electrons. The number of likely N-dealkylation sites (N-methyl/N-ethyl adjacent to an activating group) is 1. The minimum Gasteiger partial charge on any atom is -0.313 e. The van der Waals surface area contributed by atoms with Gasteiger partial charge in [0.2, 0.25) is 0 Å². The highest BCUT2D eigenvalue weighted by Crippen LogP contribution is 2.30. The van der Waals surface area contributed by atoms with Gasteiger partial charge in [0.25, 0.3) is 0 Å². The summed E-state index contributed by atoms with van der Waals surface area (Å²) in [7, 11) is 1.85. The molecule has 2 rings (SSSR count). The van der Waals surface area contributed by atoms with Gasteiger partial charge in [-0.05, 0) is 37.2 Å². The summed E-state index contributed by atoms with van der Waals surface area (Å²) in [4.78, 5) is 0. The van der Waals surface area contributed by atoms with E-state index in [0.29, 0.717) is 5.56 Å². The molecule has 0 aliphatic carbocycles. The van der Waals surface area contributed by atoms with Crippen LogP contribution in [0.4, 0.5) is 4.39 Å². The lowest BCUT2D eigenvalue weighted by Gasteiger charge is -2.19. The van der Waals surface area contributed by atoms with E-state index < -0.39 is 0 Å². The Morgan fingerprint density at radius 2 is 1.74 bits per heavy atom. The van der Waals surface area contributed by atoms with Crippen LogP contribution in [0.25, 0.3) is 0 Å². The second-order valence-corrected chi connectivity index (χ2v) is 5.98. The van der Waals surface area contributed by atoms with E-state index in [0.717, 1.165) is 20.9 Å². The lowest BCUT2D eigenvalue weighted by molar-refractivity contribution is 0.531. The molecule has 0 saturated heterocycles. The van der Waals surface area contributed by atoms with Crippen molar-refractivity contribution in [2.75, 3.05) is 7.05 Å². The topological polar surface area (TPSA) is 12.0 Å². The van der Waals surface area contributed by atoms with Crippen LogP contribution in [-0.4, -0.2) is 7.05 Å². The fraction of sp³-hybridized carbons (Fsp3) is 0.200. The minimum absolute atomic E-state index is 0.0747. The Labute approximate surface area is 129 Å². The molecule has 1 atom stereocenters. The summed E-state index contributed by atoms with van der Waals surface area (Å²) in [6.45, 7) is 0. The zero-order chi connectivity index (χ0) is 13.8. The Bertz CT molecular complexity index is 552. The van der Waals surface area contributed by atoms with E-state index in [1.165, 1.54) is 6.07 Å². The first kappa shape index (κ1) is 14.7. The van der Waals surface area contributed by atoms with Crippen molar-refractivity contribution in [2.24, 2.45) is 0 Å². The number of benzene rings is 2. The molecule has 0 heterocycles. The molecule has 0 spiro atoms. The Hall–Kier alpha value is -0.710. The maximum absolute atomic E-state index is 14.0. The van der Waals surface area contributed by atoms with E-state index in [1.807, 2.05) is 37.4 Å². The van der Waals surface area contributed by atoms with Gasteiger partial charge in [0.1, 0.15) is 5.82 Å². The van der Waals surface area contributed by atoms with Gasteiger partial charge in [-0.15, -0.1) is 0 Å². The van der Waals surface area contributed by atoms with Gasteiger partial charge in [-0.25, -0.2) is 4.39 Å². The van der Waals surface area contributed by atoms with E-state index in [-0.39, 0.29) is 11.9 Å². The van der Waals surface area contributed by atoms with E-state index in [9.17, 15) is 4.39 Å². The van der Waals surface area contributed by atoms with Gasteiger partial charge >= 0.3 is 0 Å². The zero-order valence-corrected chi connectivity index (χ0v) is 13.6. The molecule has 0 bridgehead atoms. The van der Waals surface area contributed by atoms with Crippen LogP contribution in [0.3, 0.4) is 0 Å². The number of nitrogens with one attached hydrogen (secondary N) is 1. The van der Waals surface area contributed by atoms with E-state index in [1.54, 1.807) is 6.07 Å². The van der Waals surface area contributed by atoms with Gasteiger partial charge in [-0.3, -0.25) is 0 Å². The molecule has 1 N–H and O–H groups in total. The Kier molecular flexibility index (Phi) is 5.13. The van der Waals surface area contributed by atoms with Crippen LogP contribution in [0, 0.1) is 5.82 Å². The number of rotatable bonds is 4. The molecule has 0 saturated carbocycles. The summed E-state index contributed by atoms with van der Waals surface area (Å²) in [6, 6.07) is 13.0. The van der Waals surface area contributed by atoms with Gasteiger partial charge in [0, 0.05) is 20.6 Å². The second-order valence-electron chi connectivity index (χ2n) is 4.27. The van der Waals surface area contributed by atoms with Crippen LogP contribution in [0.2, 0.25) is 0 Å². The first-order valence-electron chi connectivity index (χ1n) is 5.98. The molecule has 19 heavy (non-hydrogen) atoms. The fourth-order valence-electron chi connectivity index (χ4n) is 2.08. The smallest absolute Gasteiger partial charge is 0.129 e. The second kappa shape index (κ2) is 6.64. The van der Waals surface area contributed by atoms with Crippen LogP contribution in [0.1, 0.15) is 17.2 Å². The first-order chi connectivity index (χ1) is 9.13. The van der Waals surface area contributed by atoms with Crippen molar-refractivity contribution < 1.29 is 4.39 Å². The molecule has 0 amide bonds. The molecule has 2 aromatic carbocycles. The minimum atomic E-state index is -0.194. The van der Waals surface area contributed by atoms with Crippen molar-refractivity contribution in [3.05, 3.63) is 68.4 Å². The van der Waals surface area contributed by atoms with Crippen LogP contribution in [-0.2, 0) is 6.42 Å². The van der Waals surface area contributed by atoms with E-state index >= 15 is 0 Å². The predicted molar refractivity (Wildman–Crippen MR) is 83.7 cm³/mol. The average Bonchev–Trinajstić information content (AvgIpc) is 2.39.